The van der Waals surface area contributed by atoms with Crippen molar-refractivity contribution >= 4 is 40.2 Å². The fourth-order valence-corrected chi connectivity index (χ4v) is 3.53. The van der Waals surface area contributed by atoms with Gasteiger partial charge in [-0.2, -0.15) is 0 Å². The Labute approximate surface area is 169 Å². The molecule has 6 heteroatoms. The Morgan fingerprint density at radius 1 is 0.964 bits per heavy atom. The monoisotopic (exact) mass is 393 g/mol. The molecule has 28 heavy (non-hydrogen) atoms. The van der Waals surface area contributed by atoms with Gasteiger partial charge < -0.3 is 10.2 Å². The van der Waals surface area contributed by atoms with Gasteiger partial charge in [0.1, 0.15) is 0 Å². The lowest BCUT2D eigenvalue weighted by Gasteiger charge is -2.18. The molecule has 0 aliphatic heterocycles. The molecule has 3 rings (SSSR count). The molecule has 3 aromatic rings. The van der Waals surface area contributed by atoms with Crippen LogP contribution in [0.25, 0.3) is 10.9 Å². The molecule has 2 amide bonds. The summed E-state index contributed by atoms with van der Waals surface area (Å²) in [5, 5.41) is 4.75. The first kappa shape index (κ1) is 19.9. The number of hydrogen-bond donors (Lipinski definition) is 1. The van der Waals surface area contributed by atoms with Crippen LogP contribution in [0.5, 0.6) is 0 Å². The average Bonchev–Trinajstić information content (AvgIpc) is 2.73. The number of anilines is 1. The smallest absolute Gasteiger partial charge is 0.253 e. The largest absolute Gasteiger partial charge is 0.339 e. The van der Waals surface area contributed by atoms with Crippen molar-refractivity contribution in [1.82, 2.24) is 9.88 Å². The van der Waals surface area contributed by atoms with Crippen molar-refractivity contribution in [1.29, 1.82) is 0 Å². The highest BCUT2D eigenvalue weighted by Gasteiger charge is 2.12. The summed E-state index contributed by atoms with van der Waals surface area (Å²) in [6, 6.07) is 18.8. The van der Waals surface area contributed by atoms with E-state index in [9.17, 15) is 9.59 Å². The zero-order valence-electron chi connectivity index (χ0n) is 16.0. The molecule has 1 N–H and O–H groups in total. The molecule has 0 unspecified atom stereocenters. The van der Waals surface area contributed by atoms with Crippen molar-refractivity contribution in [2.75, 3.05) is 24.2 Å². The molecule has 2 aromatic carbocycles. The van der Waals surface area contributed by atoms with E-state index in [1.165, 1.54) is 11.8 Å². The van der Waals surface area contributed by atoms with Gasteiger partial charge in [0.25, 0.3) is 5.91 Å². The van der Waals surface area contributed by atoms with E-state index in [0.717, 1.165) is 15.9 Å². The van der Waals surface area contributed by atoms with Crippen LogP contribution in [0.15, 0.2) is 65.7 Å². The van der Waals surface area contributed by atoms with Crippen LogP contribution in [0.4, 0.5) is 5.69 Å². The molecule has 0 bridgehead atoms. The first-order valence-corrected chi connectivity index (χ1v) is 10.3. The predicted molar refractivity (Wildman–Crippen MR) is 115 cm³/mol. The van der Waals surface area contributed by atoms with E-state index in [1.54, 1.807) is 29.2 Å². The number of rotatable bonds is 7. The van der Waals surface area contributed by atoms with Crippen LogP contribution in [0, 0.1) is 0 Å². The van der Waals surface area contributed by atoms with Crippen LogP contribution < -0.4 is 5.32 Å². The zero-order valence-corrected chi connectivity index (χ0v) is 16.8. The summed E-state index contributed by atoms with van der Waals surface area (Å²) < 4.78 is 0. The lowest BCUT2D eigenvalue weighted by atomic mass is 10.2. The summed E-state index contributed by atoms with van der Waals surface area (Å²) in [5.74, 6) is 0.162. The first-order chi connectivity index (χ1) is 13.6. The van der Waals surface area contributed by atoms with Crippen molar-refractivity contribution in [3.63, 3.8) is 0 Å². The Kier molecular flexibility index (Phi) is 6.66. The number of carbonyl (C=O) groups excluding carboxylic acids is 2. The number of nitrogens with one attached hydrogen (secondary N) is 1. The van der Waals surface area contributed by atoms with Gasteiger partial charge in [0.05, 0.1) is 16.3 Å². The second-order valence-electron chi connectivity index (χ2n) is 6.23. The molecular weight excluding hydrogens is 370 g/mol. The van der Waals surface area contributed by atoms with Gasteiger partial charge in [-0.25, -0.2) is 4.98 Å². The molecule has 1 aromatic heterocycles. The summed E-state index contributed by atoms with van der Waals surface area (Å²) in [5.41, 5.74) is 2.21. The fraction of sp³-hybridized carbons (Fsp3) is 0.227. The highest BCUT2D eigenvalue weighted by Crippen LogP contribution is 2.20. The predicted octanol–water partition coefficient (Wildman–Crippen LogP) is 4.45. The molecule has 0 fully saturated rings. The van der Waals surface area contributed by atoms with Gasteiger partial charge in [-0.1, -0.05) is 36.0 Å². The number of aromatic nitrogens is 1. The van der Waals surface area contributed by atoms with Crippen LogP contribution in [0.1, 0.15) is 24.2 Å². The van der Waals surface area contributed by atoms with Crippen molar-refractivity contribution in [2.24, 2.45) is 0 Å². The lowest BCUT2D eigenvalue weighted by Crippen LogP contribution is -2.30. The minimum atomic E-state index is -0.109. The molecule has 5 nitrogen and oxygen atoms in total. The lowest BCUT2D eigenvalue weighted by molar-refractivity contribution is -0.113. The molecule has 0 radical (unpaired) electrons. The molecule has 0 aliphatic rings. The van der Waals surface area contributed by atoms with Gasteiger partial charge in [-0.15, -0.1) is 0 Å². The molecule has 0 saturated heterocycles. The Hall–Kier alpha value is -2.86. The van der Waals surface area contributed by atoms with E-state index in [1.807, 2.05) is 50.2 Å². The van der Waals surface area contributed by atoms with Crippen molar-refractivity contribution in [2.45, 2.75) is 18.9 Å². The number of benzene rings is 2. The molecule has 0 aliphatic carbocycles. The Morgan fingerprint density at radius 2 is 1.68 bits per heavy atom. The minimum Gasteiger partial charge on any atom is -0.339 e. The number of fused-ring (bicyclic) bond motifs is 1. The van der Waals surface area contributed by atoms with E-state index in [2.05, 4.69) is 10.3 Å². The molecular formula is C22H23N3O2S. The van der Waals surface area contributed by atoms with Crippen molar-refractivity contribution in [3.8, 4) is 0 Å². The van der Waals surface area contributed by atoms with E-state index < -0.39 is 0 Å². The molecule has 0 atom stereocenters. The fourth-order valence-electron chi connectivity index (χ4n) is 2.85. The molecule has 144 valence electrons. The Bertz CT molecular complexity index is 969. The molecule has 1 heterocycles. The third kappa shape index (κ3) is 4.89. The third-order valence-corrected chi connectivity index (χ3v) is 5.32. The maximum Gasteiger partial charge on any atom is 0.253 e. The number of carbonyl (C=O) groups is 2. The van der Waals surface area contributed by atoms with E-state index >= 15 is 0 Å². The minimum absolute atomic E-state index is 0.000751. The number of pyridine rings is 1. The Morgan fingerprint density at radius 3 is 2.39 bits per heavy atom. The van der Waals surface area contributed by atoms with Gasteiger partial charge in [-0.3, -0.25) is 9.59 Å². The second kappa shape index (κ2) is 9.37. The summed E-state index contributed by atoms with van der Waals surface area (Å²) in [4.78, 5) is 30.9. The summed E-state index contributed by atoms with van der Waals surface area (Å²) in [7, 11) is 0. The van der Waals surface area contributed by atoms with E-state index in [0.29, 0.717) is 24.3 Å². The number of nitrogens with zero attached hydrogens (tertiary/aromatic N) is 2. The van der Waals surface area contributed by atoms with E-state index in [-0.39, 0.29) is 17.6 Å². The topological polar surface area (TPSA) is 62.3 Å². The standard InChI is InChI=1S/C22H23N3O2S/c1-3-25(4-2)22(27)17-9-12-18(13-10-17)23-20(26)15-28-21-14-11-16-7-5-6-8-19(16)24-21/h5-14H,3-4,15H2,1-2H3,(H,23,26). The van der Waals surface area contributed by atoms with Crippen LogP contribution in [0.3, 0.4) is 0 Å². The number of hydrogen-bond acceptors (Lipinski definition) is 4. The van der Waals surface area contributed by atoms with Crippen molar-refractivity contribution < 1.29 is 9.59 Å². The van der Waals surface area contributed by atoms with Gasteiger partial charge >= 0.3 is 0 Å². The Balaban J connectivity index is 1.56. The zero-order chi connectivity index (χ0) is 19.9. The summed E-state index contributed by atoms with van der Waals surface area (Å²) >= 11 is 1.40. The summed E-state index contributed by atoms with van der Waals surface area (Å²) in [6.45, 7) is 5.26. The van der Waals surface area contributed by atoms with Gasteiger partial charge in [-0.05, 0) is 50.2 Å². The highest BCUT2D eigenvalue weighted by molar-refractivity contribution is 7.99. The van der Waals surface area contributed by atoms with Crippen LogP contribution in [0.2, 0.25) is 0 Å². The van der Waals surface area contributed by atoms with Gasteiger partial charge in [0, 0.05) is 29.7 Å². The maximum absolute atomic E-state index is 12.3. The van der Waals surface area contributed by atoms with Gasteiger partial charge in [0.15, 0.2) is 0 Å². The number of thioether (sulfide) groups is 1. The van der Waals surface area contributed by atoms with Crippen LogP contribution >= 0.6 is 11.8 Å². The maximum atomic E-state index is 12.3. The summed E-state index contributed by atoms with van der Waals surface area (Å²) in [6.07, 6.45) is 0. The number of para-hydroxylation sites is 1. The quantitative estimate of drug-likeness (QED) is 0.603. The van der Waals surface area contributed by atoms with Crippen LogP contribution in [-0.4, -0.2) is 40.5 Å². The third-order valence-electron chi connectivity index (χ3n) is 4.39. The van der Waals surface area contributed by atoms with Gasteiger partial charge in [0.2, 0.25) is 5.91 Å². The number of amides is 2. The molecule has 0 saturated carbocycles. The highest BCUT2D eigenvalue weighted by atomic mass is 32.2. The first-order valence-electron chi connectivity index (χ1n) is 9.28. The van der Waals surface area contributed by atoms with Crippen LogP contribution in [-0.2, 0) is 4.79 Å². The second-order valence-corrected chi connectivity index (χ2v) is 7.23. The average molecular weight is 394 g/mol. The van der Waals surface area contributed by atoms with Crippen molar-refractivity contribution in [3.05, 3.63) is 66.2 Å². The molecule has 0 spiro atoms. The van der Waals surface area contributed by atoms with E-state index in [4.69, 9.17) is 0 Å². The SMILES string of the molecule is CCN(CC)C(=O)c1ccc(NC(=O)CSc2ccc3ccccc3n2)cc1. The normalized spacial score (nSPS) is 10.6.